The molecule has 6 nitrogen and oxygen atoms in total. The lowest BCUT2D eigenvalue weighted by atomic mass is 9.95. The van der Waals surface area contributed by atoms with E-state index < -0.39 is 15.8 Å². The number of halogens is 1. The highest BCUT2D eigenvalue weighted by molar-refractivity contribution is 7.92. The highest BCUT2D eigenvalue weighted by atomic mass is 32.2. The number of benzene rings is 1. The zero-order valence-corrected chi connectivity index (χ0v) is 14.8. The summed E-state index contributed by atoms with van der Waals surface area (Å²) in [6, 6.07) is 7.29. The molecule has 1 heterocycles. The van der Waals surface area contributed by atoms with Crippen LogP contribution in [0.4, 0.5) is 16.0 Å². The van der Waals surface area contributed by atoms with Crippen molar-refractivity contribution >= 4 is 21.7 Å². The highest BCUT2D eigenvalue weighted by Crippen LogP contribution is 2.21. The van der Waals surface area contributed by atoms with E-state index in [1.54, 1.807) is 12.1 Å². The molecule has 0 saturated heterocycles. The number of hydrogen-bond donors (Lipinski definition) is 2. The molecule has 0 spiro atoms. The molecule has 2 aromatic rings. The van der Waals surface area contributed by atoms with E-state index in [1.807, 2.05) is 0 Å². The average molecular weight is 364 g/mol. The smallest absolute Gasteiger partial charge is 0.263 e. The molecule has 1 aliphatic carbocycles. The molecule has 0 radical (unpaired) electrons. The van der Waals surface area contributed by atoms with Gasteiger partial charge in [-0.05, 0) is 55.7 Å². The number of rotatable bonds is 5. The second kappa shape index (κ2) is 7.35. The van der Waals surface area contributed by atoms with Crippen LogP contribution in [0.25, 0.3) is 0 Å². The summed E-state index contributed by atoms with van der Waals surface area (Å²) in [6.45, 7) is 1.51. The maximum absolute atomic E-state index is 13.3. The van der Waals surface area contributed by atoms with Gasteiger partial charge in [0.05, 0.1) is 4.90 Å². The van der Waals surface area contributed by atoms with E-state index in [0.29, 0.717) is 11.9 Å². The van der Waals surface area contributed by atoms with Crippen molar-refractivity contribution < 1.29 is 12.8 Å². The Morgan fingerprint density at radius 1 is 1.04 bits per heavy atom. The molecule has 1 aliphatic rings. The minimum atomic E-state index is -3.83. The van der Waals surface area contributed by atoms with Gasteiger partial charge in [-0.25, -0.2) is 12.8 Å². The molecule has 25 heavy (non-hydrogen) atoms. The summed E-state index contributed by atoms with van der Waals surface area (Å²) in [5, 5.41) is 11.3. The van der Waals surface area contributed by atoms with Crippen molar-refractivity contribution in [3.8, 4) is 0 Å². The van der Waals surface area contributed by atoms with Crippen LogP contribution in [0.1, 0.15) is 37.7 Å². The number of nitrogens with zero attached hydrogens (tertiary/aromatic N) is 2. The molecule has 8 heteroatoms. The van der Waals surface area contributed by atoms with E-state index in [9.17, 15) is 12.8 Å². The quantitative estimate of drug-likeness (QED) is 0.849. The zero-order chi connectivity index (χ0) is 17.9. The summed E-state index contributed by atoms with van der Waals surface area (Å²) >= 11 is 0. The summed E-state index contributed by atoms with van der Waals surface area (Å²) in [4.78, 5) is -0.0161. The van der Waals surface area contributed by atoms with Crippen molar-refractivity contribution in [2.75, 3.05) is 10.0 Å². The van der Waals surface area contributed by atoms with Gasteiger partial charge < -0.3 is 5.32 Å². The van der Waals surface area contributed by atoms with Gasteiger partial charge in [-0.2, -0.15) is 0 Å². The van der Waals surface area contributed by atoms with Crippen LogP contribution in [0.5, 0.6) is 0 Å². The van der Waals surface area contributed by atoms with Gasteiger partial charge in [0, 0.05) is 6.04 Å². The maximum atomic E-state index is 13.3. The minimum absolute atomic E-state index is 0.0161. The summed E-state index contributed by atoms with van der Waals surface area (Å²) in [5.74, 6) is 0.306. The van der Waals surface area contributed by atoms with E-state index in [4.69, 9.17) is 0 Å². The molecule has 3 rings (SSSR count). The maximum Gasteiger partial charge on any atom is 0.263 e. The van der Waals surface area contributed by atoms with Gasteiger partial charge in [0.15, 0.2) is 5.82 Å². The normalized spacial score (nSPS) is 15.8. The van der Waals surface area contributed by atoms with E-state index >= 15 is 0 Å². The summed E-state index contributed by atoms with van der Waals surface area (Å²) in [7, 11) is -3.83. The van der Waals surface area contributed by atoms with Crippen molar-refractivity contribution in [3.05, 3.63) is 41.7 Å². The monoisotopic (exact) mass is 364 g/mol. The Balaban J connectivity index is 1.68. The van der Waals surface area contributed by atoms with Crippen molar-refractivity contribution in [3.63, 3.8) is 0 Å². The first-order valence-electron chi connectivity index (χ1n) is 8.33. The van der Waals surface area contributed by atoms with Crippen LogP contribution < -0.4 is 10.0 Å². The number of aromatic nitrogens is 2. The van der Waals surface area contributed by atoms with Gasteiger partial charge in [-0.3, -0.25) is 4.72 Å². The summed E-state index contributed by atoms with van der Waals surface area (Å²) < 4.78 is 40.4. The van der Waals surface area contributed by atoms with Crippen molar-refractivity contribution in [2.45, 2.75) is 50.0 Å². The Kier molecular flexibility index (Phi) is 5.17. The van der Waals surface area contributed by atoms with Crippen LogP contribution in [0.3, 0.4) is 0 Å². The van der Waals surface area contributed by atoms with Gasteiger partial charge in [0.2, 0.25) is 0 Å². The second-order valence-electron chi connectivity index (χ2n) is 6.30. The standard InChI is InChI=1S/C17H21FN4O2S/c1-12-11-14(7-8-15(12)18)25(23,24)22-17-10-9-16(20-21-17)19-13-5-3-2-4-6-13/h7-11,13H,2-6H2,1H3,(H,19,20)(H,21,22). The molecule has 0 aliphatic heterocycles. The molecule has 1 aromatic heterocycles. The van der Waals surface area contributed by atoms with Gasteiger partial charge in [0.1, 0.15) is 11.6 Å². The van der Waals surface area contributed by atoms with E-state index in [-0.39, 0.29) is 16.3 Å². The topological polar surface area (TPSA) is 84.0 Å². The molecular weight excluding hydrogens is 343 g/mol. The van der Waals surface area contributed by atoms with Gasteiger partial charge in [0.25, 0.3) is 10.0 Å². The first kappa shape index (κ1) is 17.6. The third-order valence-corrected chi connectivity index (χ3v) is 5.65. The molecule has 134 valence electrons. The Morgan fingerprint density at radius 3 is 2.36 bits per heavy atom. The summed E-state index contributed by atoms with van der Waals surface area (Å²) in [5.41, 5.74) is 0.265. The van der Waals surface area contributed by atoms with Crippen LogP contribution in [0, 0.1) is 12.7 Å². The van der Waals surface area contributed by atoms with Gasteiger partial charge >= 0.3 is 0 Å². The molecule has 1 saturated carbocycles. The van der Waals surface area contributed by atoms with E-state index in [0.717, 1.165) is 18.9 Å². The van der Waals surface area contributed by atoms with Gasteiger partial charge in [-0.15, -0.1) is 10.2 Å². The molecule has 1 fully saturated rings. The first-order chi connectivity index (χ1) is 11.9. The fourth-order valence-corrected chi connectivity index (χ4v) is 3.98. The number of nitrogens with one attached hydrogen (secondary N) is 2. The molecule has 0 unspecified atom stereocenters. The molecular formula is C17H21FN4O2S. The average Bonchev–Trinajstić information content (AvgIpc) is 2.60. The van der Waals surface area contributed by atoms with Crippen molar-refractivity contribution in [1.82, 2.24) is 10.2 Å². The molecule has 0 bridgehead atoms. The predicted octanol–water partition coefficient (Wildman–Crippen LogP) is 3.47. The lowest BCUT2D eigenvalue weighted by Gasteiger charge is -2.22. The Labute approximate surface area is 146 Å². The Bertz CT molecular complexity index is 834. The van der Waals surface area contributed by atoms with Crippen LogP contribution in [-0.4, -0.2) is 24.7 Å². The minimum Gasteiger partial charge on any atom is -0.366 e. The van der Waals surface area contributed by atoms with E-state index in [1.165, 1.54) is 38.3 Å². The van der Waals surface area contributed by atoms with Crippen LogP contribution in [-0.2, 0) is 10.0 Å². The van der Waals surface area contributed by atoms with E-state index in [2.05, 4.69) is 20.2 Å². The summed E-state index contributed by atoms with van der Waals surface area (Å²) in [6.07, 6.45) is 5.91. The lowest BCUT2D eigenvalue weighted by molar-refractivity contribution is 0.461. The van der Waals surface area contributed by atoms with Crippen molar-refractivity contribution in [1.29, 1.82) is 0 Å². The Hall–Kier alpha value is -2.22. The van der Waals surface area contributed by atoms with Crippen LogP contribution in [0.15, 0.2) is 35.2 Å². The number of aryl methyl sites for hydroxylation is 1. The predicted molar refractivity (Wildman–Crippen MR) is 94.5 cm³/mol. The number of anilines is 2. The molecule has 2 N–H and O–H groups in total. The fourth-order valence-electron chi connectivity index (χ4n) is 2.90. The zero-order valence-electron chi connectivity index (χ0n) is 14.0. The lowest BCUT2D eigenvalue weighted by Crippen LogP contribution is -2.23. The highest BCUT2D eigenvalue weighted by Gasteiger charge is 2.17. The largest absolute Gasteiger partial charge is 0.366 e. The van der Waals surface area contributed by atoms with Crippen LogP contribution in [0.2, 0.25) is 0 Å². The van der Waals surface area contributed by atoms with Crippen LogP contribution >= 0.6 is 0 Å². The fraction of sp³-hybridized carbons (Fsp3) is 0.412. The van der Waals surface area contributed by atoms with Gasteiger partial charge in [-0.1, -0.05) is 19.3 Å². The molecule has 1 aromatic carbocycles. The molecule has 0 amide bonds. The third kappa shape index (κ3) is 4.45. The second-order valence-corrected chi connectivity index (χ2v) is 7.98. The first-order valence-corrected chi connectivity index (χ1v) is 9.81. The van der Waals surface area contributed by atoms with Crippen molar-refractivity contribution in [2.24, 2.45) is 0 Å². The number of hydrogen-bond acceptors (Lipinski definition) is 5. The number of sulfonamides is 1. The third-order valence-electron chi connectivity index (χ3n) is 4.30. The Morgan fingerprint density at radius 2 is 1.72 bits per heavy atom. The SMILES string of the molecule is Cc1cc(S(=O)(=O)Nc2ccc(NC3CCCCC3)nn2)ccc1F. The molecule has 0 atom stereocenters.